The number of hydrazine groups is 1. The van der Waals surface area contributed by atoms with Gasteiger partial charge in [-0.1, -0.05) is 0 Å². The molecule has 0 bridgehead atoms. The Bertz CT molecular complexity index is 566. The molecule has 0 fully saturated rings. The largest absolute Gasteiger partial charge is 0.377 e. The SMILES string of the molecule is COCc1nc(NN)c2c3c(sc2n1)CCC3. The predicted octanol–water partition coefficient (Wildman–Crippen LogP) is 1.61. The van der Waals surface area contributed by atoms with E-state index in [4.69, 9.17) is 10.6 Å². The molecular formula is C11H14N4OS. The van der Waals surface area contributed by atoms with Gasteiger partial charge in [0.2, 0.25) is 0 Å². The molecule has 0 radical (unpaired) electrons. The quantitative estimate of drug-likeness (QED) is 0.639. The molecule has 6 heteroatoms. The van der Waals surface area contributed by atoms with E-state index in [1.54, 1.807) is 18.4 Å². The minimum atomic E-state index is 0.410. The number of methoxy groups -OCH3 is 1. The summed E-state index contributed by atoms with van der Waals surface area (Å²) < 4.78 is 5.06. The lowest BCUT2D eigenvalue weighted by molar-refractivity contribution is 0.178. The molecule has 2 heterocycles. The summed E-state index contributed by atoms with van der Waals surface area (Å²) in [4.78, 5) is 11.4. The summed E-state index contributed by atoms with van der Waals surface area (Å²) in [7, 11) is 1.64. The van der Waals surface area contributed by atoms with Crippen molar-refractivity contribution in [1.82, 2.24) is 9.97 Å². The number of nitrogen functional groups attached to an aromatic ring is 1. The fraction of sp³-hybridized carbons (Fsp3) is 0.455. The van der Waals surface area contributed by atoms with Crippen molar-refractivity contribution in [3.05, 3.63) is 16.3 Å². The van der Waals surface area contributed by atoms with Gasteiger partial charge in [0.25, 0.3) is 0 Å². The number of rotatable bonds is 3. The highest BCUT2D eigenvalue weighted by atomic mass is 32.1. The van der Waals surface area contributed by atoms with Gasteiger partial charge in [0, 0.05) is 12.0 Å². The van der Waals surface area contributed by atoms with Crippen molar-refractivity contribution in [2.45, 2.75) is 25.9 Å². The van der Waals surface area contributed by atoms with Crippen molar-refractivity contribution in [3.63, 3.8) is 0 Å². The third kappa shape index (κ3) is 1.69. The van der Waals surface area contributed by atoms with Crippen molar-refractivity contribution in [3.8, 4) is 0 Å². The van der Waals surface area contributed by atoms with Crippen molar-refractivity contribution >= 4 is 27.4 Å². The molecule has 0 aliphatic heterocycles. The Balaban J connectivity index is 2.22. The van der Waals surface area contributed by atoms with Gasteiger partial charge in [0.05, 0.1) is 5.39 Å². The van der Waals surface area contributed by atoms with Crippen LogP contribution in [0.3, 0.4) is 0 Å². The molecule has 2 aromatic rings. The van der Waals surface area contributed by atoms with Crippen LogP contribution in [-0.2, 0) is 24.2 Å². The van der Waals surface area contributed by atoms with Crippen LogP contribution in [0.1, 0.15) is 22.7 Å². The lowest BCUT2D eigenvalue weighted by atomic mass is 10.2. The van der Waals surface area contributed by atoms with Crippen LogP contribution in [0.25, 0.3) is 10.2 Å². The van der Waals surface area contributed by atoms with Gasteiger partial charge in [-0.05, 0) is 24.8 Å². The second kappa shape index (κ2) is 4.21. The van der Waals surface area contributed by atoms with Gasteiger partial charge < -0.3 is 10.2 Å². The molecule has 90 valence electrons. The second-order valence-electron chi connectivity index (χ2n) is 4.10. The molecule has 3 N–H and O–H groups in total. The molecule has 0 atom stereocenters. The van der Waals surface area contributed by atoms with E-state index in [0.29, 0.717) is 12.4 Å². The number of hydrogen-bond acceptors (Lipinski definition) is 6. The summed E-state index contributed by atoms with van der Waals surface area (Å²) in [6.45, 7) is 0.410. The molecule has 1 aliphatic rings. The monoisotopic (exact) mass is 250 g/mol. The Morgan fingerprint density at radius 1 is 1.41 bits per heavy atom. The van der Waals surface area contributed by atoms with Gasteiger partial charge in [-0.3, -0.25) is 0 Å². The summed E-state index contributed by atoms with van der Waals surface area (Å²) in [5, 5.41) is 1.10. The Kier molecular flexibility index (Phi) is 2.70. The Labute approximate surface area is 103 Å². The van der Waals surface area contributed by atoms with Crippen LogP contribution in [0.4, 0.5) is 5.82 Å². The van der Waals surface area contributed by atoms with Gasteiger partial charge in [0.15, 0.2) is 11.6 Å². The first-order chi connectivity index (χ1) is 8.33. The van der Waals surface area contributed by atoms with Crippen molar-refractivity contribution in [2.24, 2.45) is 5.84 Å². The molecule has 0 saturated heterocycles. The Morgan fingerprint density at radius 3 is 3.06 bits per heavy atom. The molecule has 3 rings (SSSR count). The topological polar surface area (TPSA) is 73.1 Å². The molecule has 5 nitrogen and oxygen atoms in total. The highest BCUT2D eigenvalue weighted by Crippen LogP contribution is 2.39. The number of nitrogens with two attached hydrogens (primary N) is 1. The maximum Gasteiger partial charge on any atom is 0.158 e. The van der Waals surface area contributed by atoms with Gasteiger partial charge in [-0.15, -0.1) is 11.3 Å². The van der Waals surface area contributed by atoms with E-state index >= 15 is 0 Å². The summed E-state index contributed by atoms with van der Waals surface area (Å²) in [6, 6.07) is 0. The van der Waals surface area contributed by atoms with Crippen molar-refractivity contribution < 1.29 is 4.74 Å². The van der Waals surface area contributed by atoms with Gasteiger partial charge in [0.1, 0.15) is 11.4 Å². The smallest absolute Gasteiger partial charge is 0.158 e. The third-order valence-corrected chi connectivity index (χ3v) is 4.21. The molecule has 0 amide bonds. The van der Waals surface area contributed by atoms with E-state index in [1.165, 1.54) is 16.9 Å². The Hall–Kier alpha value is -1.24. The van der Waals surface area contributed by atoms with E-state index in [-0.39, 0.29) is 0 Å². The van der Waals surface area contributed by atoms with Crippen LogP contribution in [0.15, 0.2) is 0 Å². The molecule has 2 aromatic heterocycles. The zero-order valence-corrected chi connectivity index (χ0v) is 10.4. The van der Waals surface area contributed by atoms with Gasteiger partial charge in [-0.25, -0.2) is 15.8 Å². The molecule has 0 spiro atoms. The fourth-order valence-electron chi connectivity index (χ4n) is 2.34. The molecule has 17 heavy (non-hydrogen) atoms. The standard InChI is InChI=1S/C11H14N4OS/c1-16-5-8-13-10(15-12)9-6-3-2-4-7(6)17-11(9)14-8/h2-5,12H2,1H3,(H,13,14,15). The lowest BCUT2D eigenvalue weighted by Gasteiger charge is -2.05. The average Bonchev–Trinajstić information content (AvgIpc) is 2.88. The molecule has 0 saturated carbocycles. The molecule has 1 aliphatic carbocycles. The summed E-state index contributed by atoms with van der Waals surface area (Å²) >= 11 is 1.75. The second-order valence-corrected chi connectivity index (χ2v) is 5.19. The number of fused-ring (bicyclic) bond motifs is 3. The van der Waals surface area contributed by atoms with Crippen LogP contribution in [0.2, 0.25) is 0 Å². The summed E-state index contributed by atoms with van der Waals surface area (Å²) in [5.41, 5.74) is 4.06. The maximum absolute atomic E-state index is 5.56. The maximum atomic E-state index is 5.56. The fourth-order valence-corrected chi connectivity index (χ4v) is 3.62. The van der Waals surface area contributed by atoms with Crippen LogP contribution in [-0.4, -0.2) is 17.1 Å². The van der Waals surface area contributed by atoms with Crippen molar-refractivity contribution in [2.75, 3.05) is 12.5 Å². The zero-order valence-electron chi connectivity index (χ0n) is 9.62. The average molecular weight is 250 g/mol. The van der Waals surface area contributed by atoms with E-state index in [1.807, 2.05) is 0 Å². The highest BCUT2D eigenvalue weighted by molar-refractivity contribution is 7.19. The third-order valence-electron chi connectivity index (χ3n) is 3.02. The normalized spacial score (nSPS) is 14.2. The number of nitrogens with one attached hydrogen (secondary N) is 1. The molecule has 0 unspecified atom stereocenters. The van der Waals surface area contributed by atoms with Crippen LogP contribution < -0.4 is 11.3 Å². The first kappa shape index (κ1) is 10.9. The summed E-state index contributed by atoms with van der Waals surface area (Å²) in [5.74, 6) is 6.96. The van der Waals surface area contributed by atoms with E-state index in [0.717, 1.165) is 28.9 Å². The predicted molar refractivity (Wildman–Crippen MR) is 68.0 cm³/mol. The number of thiophene rings is 1. The van der Waals surface area contributed by atoms with E-state index in [9.17, 15) is 0 Å². The van der Waals surface area contributed by atoms with Crippen LogP contribution in [0.5, 0.6) is 0 Å². The number of anilines is 1. The van der Waals surface area contributed by atoms with Crippen LogP contribution in [0, 0.1) is 0 Å². The molecule has 0 aromatic carbocycles. The number of aromatic nitrogens is 2. The first-order valence-corrected chi connectivity index (χ1v) is 6.42. The van der Waals surface area contributed by atoms with E-state index in [2.05, 4.69) is 15.4 Å². The first-order valence-electron chi connectivity index (χ1n) is 5.60. The van der Waals surface area contributed by atoms with Gasteiger partial charge in [-0.2, -0.15) is 0 Å². The van der Waals surface area contributed by atoms with E-state index < -0.39 is 0 Å². The summed E-state index contributed by atoms with van der Waals surface area (Å²) in [6.07, 6.45) is 3.48. The highest BCUT2D eigenvalue weighted by Gasteiger charge is 2.21. The minimum Gasteiger partial charge on any atom is -0.377 e. The number of ether oxygens (including phenoxy) is 1. The van der Waals surface area contributed by atoms with Gasteiger partial charge >= 0.3 is 0 Å². The Morgan fingerprint density at radius 2 is 2.29 bits per heavy atom. The van der Waals surface area contributed by atoms with Crippen LogP contribution >= 0.6 is 11.3 Å². The van der Waals surface area contributed by atoms with Crippen molar-refractivity contribution in [1.29, 1.82) is 0 Å². The number of aryl methyl sites for hydroxylation is 2. The zero-order chi connectivity index (χ0) is 11.8. The minimum absolute atomic E-state index is 0.410. The molecular weight excluding hydrogens is 236 g/mol. The number of hydrogen-bond donors (Lipinski definition) is 2. The lowest BCUT2D eigenvalue weighted by Crippen LogP contribution is -2.11. The number of nitrogens with zero attached hydrogens (tertiary/aromatic N) is 2.